The van der Waals surface area contributed by atoms with Gasteiger partial charge in [-0.15, -0.1) is 0 Å². The fourth-order valence-corrected chi connectivity index (χ4v) is 8.36. The van der Waals surface area contributed by atoms with Crippen LogP contribution in [0.25, 0.3) is 0 Å². The van der Waals surface area contributed by atoms with Gasteiger partial charge >= 0.3 is 29.8 Å². The number of hydrogen-bond acceptors (Lipinski definition) is 16. The highest BCUT2D eigenvalue weighted by molar-refractivity contribution is 5.85. The second-order valence-corrected chi connectivity index (χ2v) is 18.5. The van der Waals surface area contributed by atoms with Crippen LogP contribution in [0.5, 0.6) is 0 Å². The molecule has 2 saturated heterocycles. The van der Waals surface area contributed by atoms with Crippen molar-refractivity contribution in [2.24, 2.45) is 10.8 Å². The molecule has 4 bridgehead atoms. The van der Waals surface area contributed by atoms with Crippen molar-refractivity contribution in [3.05, 3.63) is 95.6 Å². The molecule has 3 heterocycles. The molecular formula is C51H70O16. The standard InChI is InChI=1S/C51H70O16/c1-9-10-11-12-16-20-43(54)65-47-37(28-44(55)60-8)27-39-21-24-62-46(57)30-38(53)29-40-31-42(64-35(3)52)49(6,7)50(58,66-40)32-41(61-23-17-22-48(4,5)51(47,59)67-39)25-34(2)26-45(56)63-33-36-18-14-13-15-19-36/h11-20,22,26,28,38-42,47,53,58-59H,9-10,21,23-25,27,29-33H2,1-8H3/b12-11+,20-16+,22-17+,34-26-,37-28+/t38-,39-,40-,41+,42+,47?,50+,51-/m1/s1. The molecule has 0 amide bonds. The van der Waals surface area contributed by atoms with Crippen LogP contribution in [0.15, 0.2) is 90.1 Å². The summed E-state index contributed by atoms with van der Waals surface area (Å²) >= 11 is 0. The van der Waals surface area contributed by atoms with Crippen molar-refractivity contribution in [1.29, 1.82) is 0 Å². The number of aliphatic hydroxyl groups is 3. The molecule has 1 unspecified atom stereocenters. The molecule has 67 heavy (non-hydrogen) atoms. The fourth-order valence-electron chi connectivity index (χ4n) is 8.36. The van der Waals surface area contributed by atoms with E-state index in [0.29, 0.717) is 5.57 Å². The van der Waals surface area contributed by atoms with Gasteiger partial charge in [-0.1, -0.05) is 107 Å². The van der Waals surface area contributed by atoms with Gasteiger partial charge in [-0.3, -0.25) is 9.59 Å². The largest absolute Gasteiger partial charge is 0.466 e. The second-order valence-electron chi connectivity index (χ2n) is 18.5. The number of ether oxygens (including phenoxy) is 8. The number of hydrogen-bond donors (Lipinski definition) is 3. The summed E-state index contributed by atoms with van der Waals surface area (Å²) in [6, 6.07) is 9.19. The highest BCUT2D eigenvalue weighted by atomic mass is 16.7. The second kappa shape index (κ2) is 24.9. The number of carbonyl (C=O) groups is 5. The molecule has 4 rings (SSSR count). The molecule has 0 aromatic heterocycles. The predicted molar refractivity (Wildman–Crippen MR) is 244 cm³/mol. The number of benzene rings is 1. The van der Waals surface area contributed by atoms with Crippen LogP contribution in [0.3, 0.4) is 0 Å². The Morgan fingerprint density at radius 2 is 1.64 bits per heavy atom. The van der Waals surface area contributed by atoms with Gasteiger partial charge in [-0.2, -0.15) is 0 Å². The highest BCUT2D eigenvalue weighted by Crippen LogP contribution is 2.49. The molecular weight excluding hydrogens is 869 g/mol. The molecule has 16 nitrogen and oxygen atoms in total. The Morgan fingerprint density at radius 1 is 0.910 bits per heavy atom. The van der Waals surface area contributed by atoms with Crippen LogP contribution in [0.1, 0.15) is 112 Å². The molecule has 1 aromatic rings. The van der Waals surface area contributed by atoms with E-state index >= 15 is 0 Å². The molecule has 1 aromatic carbocycles. The van der Waals surface area contributed by atoms with Crippen molar-refractivity contribution >= 4 is 29.8 Å². The van der Waals surface area contributed by atoms with Crippen molar-refractivity contribution in [1.82, 2.24) is 0 Å². The first kappa shape index (κ1) is 54.6. The number of cyclic esters (lactones) is 1. The first-order chi connectivity index (χ1) is 31.6. The summed E-state index contributed by atoms with van der Waals surface area (Å²) in [5, 5.41) is 36.5. The third-order valence-electron chi connectivity index (χ3n) is 12.3. The molecule has 2 fully saturated rings. The van der Waals surface area contributed by atoms with E-state index in [9.17, 15) is 39.3 Å². The number of aliphatic hydroxyl groups excluding tert-OH is 1. The van der Waals surface area contributed by atoms with Crippen molar-refractivity contribution < 1.29 is 77.2 Å². The van der Waals surface area contributed by atoms with Crippen molar-refractivity contribution in [3.63, 3.8) is 0 Å². The summed E-state index contributed by atoms with van der Waals surface area (Å²) in [7, 11) is 1.19. The number of unbranched alkanes of at least 4 members (excludes halogenated alkanes) is 1. The number of esters is 5. The molecule has 0 aliphatic carbocycles. The lowest BCUT2D eigenvalue weighted by Gasteiger charge is -2.53. The first-order valence-electron chi connectivity index (χ1n) is 22.9. The molecule has 3 aliphatic heterocycles. The molecule has 3 N–H and O–H groups in total. The van der Waals surface area contributed by atoms with Gasteiger partial charge in [0.25, 0.3) is 0 Å². The third kappa shape index (κ3) is 15.8. The van der Waals surface area contributed by atoms with Gasteiger partial charge in [0.05, 0.1) is 56.6 Å². The minimum absolute atomic E-state index is 0.0192. The maximum Gasteiger partial charge on any atom is 0.331 e. The molecule has 0 saturated carbocycles. The lowest BCUT2D eigenvalue weighted by atomic mass is 9.70. The number of carbonyl (C=O) groups excluding carboxylic acids is 5. The van der Waals surface area contributed by atoms with E-state index in [1.165, 1.54) is 32.3 Å². The fraction of sp³-hybridized carbons (Fsp3) is 0.588. The van der Waals surface area contributed by atoms with Gasteiger partial charge in [0.2, 0.25) is 5.79 Å². The van der Waals surface area contributed by atoms with E-state index in [4.69, 9.17) is 37.9 Å². The Labute approximate surface area is 393 Å². The van der Waals surface area contributed by atoms with Crippen LogP contribution in [-0.4, -0.2) is 114 Å². The number of allylic oxidation sites excluding steroid dienone is 3. The molecule has 3 aliphatic rings. The predicted octanol–water partition coefficient (Wildman–Crippen LogP) is 6.35. The smallest absolute Gasteiger partial charge is 0.331 e. The monoisotopic (exact) mass is 938 g/mol. The number of methoxy groups -OCH3 is 1. The average Bonchev–Trinajstić information content (AvgIpc) is 3.24. The molecule has 0 spiro atoms. The Bertz CT molecular complexity index is 2000. The average molecular weight is 939 g/mol. The van der Waals surface area contributed by atoms with Crippen LogP contribution >= 0.6 is 0 Å². The van der Waals surface area contributed by atoms with E-state index in [0.717, 1.165) is 24.5 Å². The number of rotatable bonds is 12. The SMILES string of the molecule is CCC/C=C/C=C/C(=O)OC1/C(=C/C(=O)OC)C[C@H]2CCOC(=O)C[C@H](O)C[C@@H]3C[C@H](OC(C)=O)C(C)(C)[C@](O)(C[C@H](C/C(C)=C\C(=O)OCc4ccccc4)OC/C=C/C(C)(C)[C@]1(O)O2)O3. The quantitative estimate of drug-likeness (QED) is 0.0684. The Morgan fingerprint density at radius 3 is 2.33 bits per heavy atom. The van der Waals surface area contributed by atoms with E-state index in [1.807, 2.05) is 43.3 Å². The summed E-state index contributed by atoms with van der Waals surface area (Å²) in [6.45, 7) is 11.4. The van der Waals surface area contributed by atoms with E-state index in [2.05, 4.69) is 0 Å². The summed E-state index contributed by atoms with van der Waals surface area (Å²) in [4.78, 5) is 64.6. The van der Waals surface area contributed by atoms with Crippen LogP contribution in [0, 0.1) is 10.8 Å². The zero-order valence-corrected chi connectivity index (χ0v) is 40.1. The van der Waals surface area contributed by atoms with Gasteiger partial charge in [0.15, 0.2) is 11.9 Å². The maximum absolute atomic E-state index is 13.3. The lowest BCUT2D eigenvalue weighted by Crippen LogP contribution is -2.62. The van der Waals surface area contributed by atoms with Gasteiger partial charge in [-0.25, -0.2) is 14.4 Å². The van der Waals surface area contributed by atoms with E-state index < -0.39 is 95.3 Å². The van der Waals surface area contributed by atoms with Crippen LogP contribution in [-0.2, 0) is 68.5 Å². The van der Waals surface area contributed by atoms with Gasteiger partial charge in [-0.05, 0) is 37.3 Å². The number of fused-ring (bicyclic) bond motifs is 4. The van der Waals surface area contributed by atoms with Crippen LogP contribution in [0.4, 0.5) is 0 Å². The summed E-state index contributed by atoms with van der Waals surface area (Å²) in [6.07, 6.45) is 6.75. The molecule has 370 valence electrons. The zero-order valence-electron chi connectivity index (χ0n) is 40.1. The Balaban J connectivity index is 1.76. The zero-order chi connectivity index (χ0) is 49.4. The normalized spacial score (nSPS) is 30.8. The van der Waals surface area contributed by atoms with Crippen molar-refractivity contribution in [2.75, 3.05) is 20.3 Å². The molecule has 0 radical (unpaired) electrons. The third-order valence-corrected chi connectivity index (χ3v) is 12.3. The molecule has 8 atom stereocenters. The lowest BCUT2D eigenvalue weighted by molar-refractivity contribution is -0.347. The summed E-state index contributed by atoms with van der Waals surface area (Å²) < 4.78 is 46.8. The molecule has 16 heteroatoms. The van der Waals surface area contributed by atoms with Crippen LogP contribution in [0.2, 0.25) is 0 Å². The van der Waals surface area contributed by atoms with E-state index in [1.54, 1.807) is 52.8 Å². The van der Waals surface area contributed by atoms with Crippen molar-refractivity contribution in [3.8, 4) is 0 Å². The summed E-state index contributed by atoms with van der Waals surface area (Å²) in [5.41, 5.74) is -1.12. The van der Waals surface area contributed by atoms with Crippen LogP contribution < -0.4 is 0 Å². The minimum Gasteiger partial charge on any atom is -0.466 e. The maximum atomic E-state index is 13.3. The Hall–Kier alpha value is -4.97. The van der Waals surface area contributed by atoms with Crippen molar-refractivity contribution in [2.45, 2.75) is 161 Å². The minimum atomic E-state index is -2.34. The van der Waals surface area contributed by atoms with Gasteiger partial charge in [0, 0.05) is 56.3 Å². The first-order valence-corrected chi connectivity index (χ1v) is 22.9. The highest BCUT2D eigenvalue weighted by Gasteiger charge is 2.59. The Kier molecular flexibility index (Phi) is 20.3. The van der Waals surface area contributed by atoms with Gasteiger partial charge in [0.1, 0.15) is 12.7 Å². The van der Waals surface area contributed by atoms with E-state index in [-0.39, 0.29) is 63.9 Å². The topological polar surface area (TPSA) is 220 Å². The van der Waals surface area contributed by atoms with Gasteiger partial charge < -0.3 is 53.2 Å². The summed E-state index contributed by atoms with van der Waals surface area (Å²) in [5.74, 6) is -7.92.